The van der Waals surface area contributed by atoms with Crippen LogP contribution in [0, 0.1) is 5.82 Å². The molecule has 2 amide bonds. The van der Waals surface area contributed by atoms with Crippen molar-refractivity contribution >= 4 is 21.6 Å². The van der Waals surface area contributed by atoms with Crippen molar-refractivity contribution in [2.45, 2.75) is 68.5 Å². The Morgan fingerprint density at radius 3 is 1.88 bits per heavy atom. The molecule has 8 rings (SSSR count). The number of rotatable bonds is 7. The van der Waals surface area contributed by atoms with Crippen LogP contribution in [-0.2, 0) is 47.7 Å². The third kappa shape index (κ3) is 5.02. The molecule has 0 radical (unpaired) electrons. The molecule has 10 heteroatoms. The van der Waals surface area contributed by atoms with Crippen LogP contribution in [0.4, 0.5) is 14.9 Å². The van der Waals surface area contributed by atoms with Gasteiger partial charge in [0.05, 0.1) is 12.7 Å². The second-order valence-electron chi connectivity index (χ2n) is 12.7. The number of carbonyl (C=O) groups excluding carboxylic acids is 1. The summed E-state index contributed by atoms with van der Waals surface area (Å²) >= 11 is 0. The number of hydrogen-bond acceptors (Lipinski definition) is 4. The number of nitrogens with zero attached hydrogens (tertiary/aromatic N) is 3. The smallest absolute Gasteiger partial charge is 0.354 e. The minimum Gasteiger partial charge on any atom is -0.472 e. The number of anilines is 1. The molecule has 2 aliphatic carbocycles. The molecule has 0 saturated carbocycles. The van der Waals surface area contributed by atoms with E-state index < -0.39 is 21.5 Å². The van der Waals surface area contributed by atoms with Crippen molar-refractivity contribution in [3.05, 3.63) is 142 Å². The van der Waals surface area contributed by atoms with Gasteiger partial charge >= 0.3 is 6.03 Å². The topological polar surface area (TPSA) is 97.6 Å². The molecule has 0 fully saturated rings. The first-order valence-corrected chi connectivity index (χ1v) is 18.0. The van der Waals surface area contributed by atoms with Crippen LogP contribution in [0.25, 0.3) is 0 Å². The van der Waals surface area contributed by atoms with Gasteiger partial charge in [0.2, 0.25) is 5.88 Å². The molecule has 244 valence electrons. The summed E-state index contributed by atoms with van der Waals surface area (Å²) in [5.74, 6) is 0.179. The highest BCUT2D eigenvalue weighted by molar-refractivity contribution is 7.92. The highest BCUT2D eigenvalue weighted by Crippen LogP contribution is 2.43. The van der Waals surface area contributed by atoms with Gasteiger partial charge in [-0.25, -0.2) is 22.8 Å². The van der Waals surface area contributed by atoms with Gasteiger partial charge in [0, 0.05) is 5.69 Å². The summed E-state index contributed by atoms with van der Waals surface area (Å²) in [6.45, 7) is 2.39. The normalized spacial score (nSPS) is 17.6. The minimum absolute atomic E-state index is 0.129. The highest BCUT2D eigenvalue weighted by atomic mass is 32.2. The summed E-state index contributed by atoms with van der Waals surface area (Å²) in [6, 6.07) is 28.4. The van der Waals surface area contributed by atoms with Crippen LogP contribution in [0.5, 0.6) is 5.88 Å². The van der Waals surface area contributed by atoms with Crippen LogP contribution in [-0.4, -0.2) is 26.1 Å². The van der Waals surface area contributed by atoms with Gasteiger partial charge in [0.15, 0.2) is 9.92 Å². The number of ether oxygens (including phenoxy) is 1. The van der Waals surface area contributed by atoms with Gasteiger partial charge in [-0.15, -0.1) is 4.36 Å². The fourth-order valence-electron chi connectivity index (χ4n) is 7.63. The molecule has 0 saturated heterocycles. The molecule has 1 aromatic heterocycles. The first-order chi connectivity index (χ1) is 23.4. The molecule has 0 spiro atoms. The van der Waals surface area contributed by atoms with Crippen LogP contribution in [0.2, 0.25) is 0 Å². The Morgan fingerprint density at radius 2 is 1.35 bits per heavy atom. The molecule has 4 aromatic carbocycles. The Kier molecular flexibility index (Phi) is 7.64. The van der Waals surface area contributed by atoms with Gasteiger partial charge in [-0.3, -0.25) is 0 Å². The molecular formula is C38H36FN5O3S. The average Bonchev–Trinajstić information content (AvgIpc) is 3.92. The van der Waals surface area contributed by atoms with Crippen LogP contribution in [0.1, 0.15) is 58.7 Å². The zero-order valence-electron chi connectivity index (χ0n) is 26.6. The van der Waals surface area contributed by atoms with E-state index in [-0.39, 0.29) is 16.8 Å². The Balaban J connectivity index is 1.34. The van der Waals surface area contributed by atoms with Crippen molar-refractivity contribution in [2.24, 2.45) is 4.36 Å². The molecule has 3 aliphatic rings. The van der Waals surface area contributed by atoms with Gasteiger partial charge in [-0.1, -0.05) is 91.0 Å². The average molecular weight is 662 g/mol. The lowest BCUT2D eigenvalue weighted by Gasteiger charge is -2.37. The maximum atomic E-state index is 15.8. The van der Waals surface area contributed by atoms with Gasteiger partial charge in [-0.05, 0) is 84.4 Å². The Labute approximate surface area is 279 Å². The number of halogens is 1. The van der Waals surface area contributed by atoms with E-state index in [0.29, 0.717) is 54.9 Å². The summed E-state index contributed by atoms with van der Waals surface area (Å²) in [5, 5.41) is 7.51. The molecule has 2 atom stereocenters. The monoisotopic (exact) mass is 661 g/mol. The van der Waals surface area contributed by atoms with Gasteiger partial charge in [-0.2, -0.15) is 5.10 Å². The fourth-order valence-corrected chi connectivity index (χ4v) is 9.51. The quantitative estimate of drug-likeness (QED) is 0.179. The van der Waals surface area contributed by atoms with Crippen molar-refractivity contribution in [3.8, 4) is 5.88 Å². The number of nitrogens with one attached hydrogen (secondary N) is 2. The highest BCUT2D eigenvalue weighted by Gasteiger charge is 2.42. The Morgan fingerprint density at radius 1 is 0.854 bits per heavy atom. The summed E-state index contributed by atoms with van der Waals surface area (Å²) in [4.78, 5) is 14.4. The van der Waals surface area contributed by atoms with Gasteiger partial charge < -0.3 is 10.1 Å². The predicted octanol–water partition coefficient (Wildman–Crippen LogP) is 7.34. The van der Waals surface area contributed by atoms with E-state index in [1.165, 1.54) is 6.20 Å². The van der Waals surface area contributed by atoms with Crippen molar-refractivity contribution in [2.75, 3.05) is 5.32 Å². The van der Waals surface area contributed by atoms with Crippen molar-refractivity contribution in [1.82, 2.24) is 14.5 Å². The first-order valence-electron chi connectivity index (χ1n) is 16.5. The second-order valence-corrected chi connectivity index (χ2v) is 14.6. The standard InChI is InChI=1S/C38H36FN5O3S/c1-25-24-44-36(47-25)33(23-40-44)48(46,42-37(45)41-35-31-21-11-19-29(31)34(39)30-20-12-22-32(30)35)43-38(26-13-5-2-6-14-26,27-15-7-3-8-16-27)28-17-9-4-10-18-28/h2-10,13-18,23,25H,11-12,19-22,24H2,1H3,(H2,41,42,43,45,46). The zero-order valence-corrected chi connectivity index (χ0v) is 27.4. The van der Waals surface area contributed by atoms with Crippen molar-refractivity contribution in [3.63, 3.8) is 0 Å². The lowest BCUT2D eigenvalue weighted by atomic mass is 9.78. The number of aromatic nitrogens is 2. The summed E-state index contributed by atoms with van der Waals surface area (Å²) in [7, 11) is -3.85. The Hall–Kier alpha value is -4.80. The van der Waals surface area contributed by atoms with E-state index in [2.05, 4.69) is 19.5 Å². The molecule has 1 aliphatic heterocycles. The van der Waals surface area contributed by atoms with E-state index >= 15 is 8.60 Å². The first kappa shape index (κ1) is 30.5. The molecule has 2 heterocycles. The Bertz CT molecular complexity index is 2010. The number of carbonyl (C=O) groups is 1. The maximum absolute atomic E-state index is 15.8. The van der Waals surface area contributed by atoms with E-state index in [9.17, 15) is 4.79 Å². The molecule has 0 bridgehead atoms. The van der Waals surface area contributed by atoms with E-state index in [1.54, 1.807) is 4.68 Å². The van der Waals surface area contributed by atoms with Crippen molar-refractivity contribution in [1.29, 1.82) is 0 Å². The summed E-state index contributed by atoms with van der Waals surface area (Å²) in [6.07, 6.45) is 5.54. The largest absolute Gasteiger partial charge is 0.472 e. The van der Waals surface area contributed by atoms with Gasteiger partial charge in [0.1, 0.15) is 22.4 Å². The lowest BCUT2D eigenvalue weighted by Crippen LogP contribution is -2.48. The summed E-state index contributed by atoms with van der Waals surface area (Å²) < 4.78 is 47.1. The minimum atomic E-state index is -3.85. The number of hydrogen-bond donors (Lipinski definition) is 2. The molecule has 2 N–H and O–H groups in total. The molecular weight excluding hydrogens is 626 g/mol. The van der Waals surface area contributed by atoms with Crippen LogP contribution in [0.15, 0.2) is 106 Å². The predicted molar refractivity (Wildman–Crippen MR) is 183 cm³/mol. The van der Waals surface area contributed by atoms with E-state index in [0.717, 1.165) is 40.7 Å². The number of benzene rings is 4. The van der Waals surface area contributed by atoms with Gasteiger partial charge in [0.25, 0.3) is 0 Å². The fraction of sp³-hybridized carbons (Fsp3) is 0.263. The van der Waals surface area contributed by atoms with Crippen molar-refractivity contribution < 1.29 is 18.1 Å². The SMILES string of the molecule is CC1Cn2ncc(S(=O)(=NC(=O)Nc3c4c(c(F)c5c3CCC5)CCC4)NC(c3ccccc3)(c3ccccc3)c3ccccc3)c2O1. The lowest BCUT2D eigenvalue weighted by molar-refractivity contribution is 0.248. The zero-order chi connectivity index (χ0) is 32.9. The van der Waals surface area contributed by atoms with E-state index in [4.69, 9.17) is 4.74 Å². The molecule has 8 nitrogen and oxygen atoms in total. The third-order valence-electron chi connectivity index (χ3n) is 9.72. The number of urea groups is 1. The van der Waals surface area contributed by atoms with Crippen LogP contribution in [0.3, 0.4) is 0 Å². The number of amides is 2. The second kappa shape index (κ2) is 12.0. The summed E-state index contributed by atoms with van der Waals surface area (Å²) in [5.41, 5.74) is 4.82. The maximum Gasteiger partial charge on any atom is 0.354 e. The van der Waals surface area contributed by atoms with E-state index in [1.807, 2.05) is 97.9 Å². The molecule has 48 heavy (non-hydrogen) atoms. The molecule has 2 unspecified atom stereocenters. The number of fused-ring (bicyclic) bond motifs is 3. The van der Waals surface area contributed by atoms with Crippen LogP contribution < -0.4 is 14.8 Å². The van der Waals surface area contributed by atoms with Crippen LogP contribution >= 0.6 is 0 Å². The molecule has 5 aromatic rings. The third-order valence-corrected chi connectivity index (χ3v) is 11.6.